The van der Waals surface area contributed by atoms with Gasteiger partial charge in [0.1, 0.15) is 0 Å². The second kappa shape index (κ2) is 7.72. The second-order valence-electron chi connectivity index (χ2n) is 5.48. The Labute approximate surface area is 146 Å². The molecule has 5 nitrogen and oxygen atoms in total. The van der Waals surface area contributed by atoms with Gasteiger partial charge < -0.3 is 5.32 Å². The minimum atomic E-state index is -3.73. The van der Waals surface area contributed by atoms with E-state index < -0.39 is 10.0 Å². The molecule has 0 spiro atoms. The third-order valence-electron chi connectivity index (χ3n) is 3.29. The van der Waals surface area contributed by atoms with E-state index in [2.05, 4.69) is 10.0 Å². The average molecular weight is 364 g/mol. The molecule has 0 saturated heterocycles. The number of thioether (sulfide) groups is 1. The SMILES string of the molecule is CSc1ccc(S(=O)(=O)Nc2ccccc2)cc1NC(=O)C(C)C. The molecule has 2 rings (SSSR count). The molecule has 7 heteroatoms. The largest absolute Gasteiger partial charge is 0.325 e. The van der Waals surface area contributed by atoms with Crippen LogP contribution in [0.4, 0.5) is 11.4 Å². The minimum absolute atomic E-state index is 0.100. The fourth-order valence-electron chi connectivity index (χ4n) is 1.95. The first-order chi connectivity index (χ1) is 11.3. The summed E-state index contributed by atoms with van der Waals surface area (Å²) >= 11 is 1.44. The maximum atomic E-state index is 12.5. The Balaban J connectivity index is 2.35. The van der Waals surface area contributed by atoms with Crippen LogP contribution in [0.5, 0.6) is 0 Å². The molecule has 0 unspecified atom stereocenters. The van der Waals surface area contributed by atoms with Gasteiger partial charge in [-0.2, -0.15) is 0 Å². The Hall–Kier alpha value is -1.99. The number of hydrogen-bond acceptors (Lipinski definition) is 4. The molecular formula is C17H20N2O3S2. The van der Waals surface area contributed by atoms with Gasteiger partial charge in [-0.05, 0) is 36.6 Å². The smallest absolute Gasteiger partial charge is 0.261 e. The highest BCUT2D eigenvalue weighted by Gasteiger charge is 2.18. The molecule has 0 aliphatic rings. The molecule has 0 radical (unpaired) electrons. The Morgan fingerprint density at radius 1 is 1.08 bits per heavy atom. The molecule has 1 amide bonds. The summed E-state index contributed by atoms with van der Waals surface area (Å²) in [5, 5.41) is 2.79. The standard InChI is InChI=1S/C17H20N2O3S2/c1-12(2)17(20)18-15-11-14(9-10-16(15)23-3)24(21,22)19-13-7-5-4-6-8-13/h4-12,19H,1-3H3,(H,18,20). The van der Waals surface area contributed by atoms with Crippen molar-refractivity contribution in [3.63, 3.8) is 0 Å². The van der Waals surface area contributed by atoms with Gasteiger partial charge in [-0.3, -0.25) is 9.52 Å². The van der Waals surface area contributed by atoms with Crippen LogP contribution in [-0.4, -0.2) is 20.6 Å². The third kappa shape index (κ3) is 4.52. The first kappa shape index (κ1) is 18.4. The number of sulfonamides is 1. The first-order valence-electron chi connectivity index (χ1n) is 7.40. The van der Waals surface area contributed by atoms with Crippen molar-refractivity contribution in [2.75, 3.05) is 16.3 Å². The molecular weight excluding hydrogens is 344 g/mol. The van der Waals surface area contributed by atoms with Crippen LogP contribution in [0.2, 0.25) is 0 Å². The Morgan fingerprint density at radius 2 is 1.75 bits per heavy atom. The highest BCUT2D eigenvalue weighted by molar-refractivity contribution is 7.98. The maximum Gasteiger partial charge on any atom is 0.261 e. The van der Waals surface area contributed by atoms with Gasteiger partial charge in [0.25, 0.3) is 10.0 Å². The number of carbonyl (C=O) groups is 1. The predicted molar refractivity (Wildman–Crippen MR) is 98.9 cm³/mol. The number of nitrogens with one attached hydrogen (secondary N) is 2. The Kier molecular flexibility index (Phi) is 5.90. The van der Waals surface area contributed by atoms with E-state index in [0.717, 1.165) is 4.90 Å². The van der Waals surface area contributed by atoms with E-state index in [1.165, 1.54) is 23.9 Å². The molecule has 0 aliphatic heterocycles. The molecule has 0 heterocycles. The molecule has 128 valence electrons. The van der Waals surface area contributed by atoms with E-state index in [1.54, 1.807) is 44.2 Å². The normalized spacial score (nSPS) is 11.3. The van der Waals surface area contributed by atoms with E-state index in [9.17, 15) is 13.2 Å². The Bertz CT molecular complexity index is 819. The zero-order valence-corrected chi connectivity index (χ0v) is 15.4. The summed E-state index contributed by atoms with van der Waals surface area (Å²) in [6.07, 6.45) is 1.87. The quantitative estimate of drug-likeness (QED) is 0.765. The summed E-state index contributed by atoms with van der Waals surface area (Å²) in [7, 11) is -3.73. The molecule has 0 saturated carbocycles. The molecule has 0 fully saturated rings. The zero-order valence-electron chi connectivity index (χ0n) is 13.7. The van der Waals surface area contributed by atoms with Crippen LogP contribution >= 0.6 is 11.8 Å². The zero-order chi connectivity index (χ0) is 17.7. The van der Waals surface area contributed by atoms with E-state index in [-0.39, 0.29) is 16.7 Å². The number of amides is 1. The highest BCUT2D eigenvalue weighted by Crippen LogP contribution is 2.29. The molecule has 2 aromatic rings. The molecule has 0 atom stereocenters. The van der Waals surface area contributed by atoms with Crippen LogP contribution in [0.15, 0.2) is 58.3 Å². The van der Waals surface area contributed by atoms with Crippen LogP contribution in [0.1, 0.15) is 13.8 Å². The van der Waals surface area contributed by atoms with Crippen LogP contribution < -0.4 is 10.0 Å². The molecule has 2 N–H and O–H groups in total. The van der Waals surface area contributed by atoms with Gasteiger partial charge in [0.15, 0.2) is 0 Å². The van der Waals surface area contributed by atoms with Gasteiger partial charge in [-0.15, -0.1) is 11.8 Å². The van der Waals surface area contributed by atoms with Gasteiger partial charge >= 0.3 is 0 Å². The van der Waals surface area contributed by atoms with E-state index >= 15 is 0 Å². The lowest BCUT2D eigenvalue weighted by Crippen LogP contribution is -2.19. The third-order valence-corrected chi connectivity index (χ3v) is 5.46. The average Bonchev–Trinajstić information content (AvgIpc) is 2.55. The van der Waals surface area contributed by atoms with E-state index in [0.29, 0.717) is 11.4 Å². The minimum Gasteiger partial charge on any atom is -0.325 e. The number of benzene rings is 2. The van der Waals surface area contributed by atoms with Gasteiger partial charge in [0.05, 0.1) is 10.6 Å². The second-order valence-corrected chi connectivity index (χ2v) is 8.01. The van der Waals surface area contributed by atoms with E-state index in [1.807, 2.05) is 12.3 Å². The topological polar surface area (TPSA) is 75.3 Å². The number of anilines is 2. The molecule has 0 aromatic heterocycles. The lowest BCUT2D eigenvalue weighted by Gasteiger charge is -2.14. The Morgan fingerprint density at radius 3 is 2.33 bits per heavy atom. The van der Waals surface area contributed by atoms with Gasteiger partial charge in [-0.1, -0.05) is 32.0 Å². The lowest BCUT2D eigenvalue weighted by atomic mass is 10.2. The fraction of sp³-hybridized carbons (Fsp3) is 0.235. The summed E-state index contributed by atoms with van der Waals surface area (Å²) in [4.78, 5) is 12.9. The van der Waals surface area contributed by atoms with Crippen LogP contribution in [-0.2, 0) is 14.8 Å². The molecule has 0 bridgehead atoms. The number of para-hydroxylation sites is 1. The van der Waals surface area contributed by atoms with Crippen LogP contribution in [0.25, 0.3) is 0 Å². The number of carbonyl (C=O) groups excluding carboxylic acids is 1. The van der Waals surface area contributed by atoms with Crippen molar-refractivity contribution >= 4 is 39.1 Å². The summed E-state index contributed by atoms with van der Waals surface area (Å²) < 4.78 is 27.6. The van der Waals surface area contributed by atoms with Crippen LogP contribution in [0.3, 0.4) is 0 Å². The maximum absolute atomic E-state index is 12.5. The van der Waals surface area contributed by atoms with Crippen molar-refractivity contribution in [3.8, 4) is 0 Å². The summed E-state index contributed by atoms with van der Waals surface area (Å²) in [6, 6.07) is 13.4. The van der Waals surface area contributed by atoms with Gasteiger partial charge in [-0.25, -0.2) is 8.42 Å². The molecule has 2 aromatic carbocycles. The van der Waals surface area contributed by atoms with Crippen molar-refractivity contribution in [1.82, 2.24) is 0 Å². The van der Waals surface area contributed by atoms with Crippen molar-refractivity contribution in [2.45, 2.75) is 23.6 Å². The van der Waals surface area contributed by atoms with Crippen molar-refractivity contribution < 1.29 is 13.2 Å². The monoisotopic (exact) mass is 364 g/mol. The number of rotatable bonds is 6. The van der Waals surface area contributed by atoms with E-state index in [4.69, 9.17) is 0 Å². The van der Waals surface area contributed by atoms with Crippen molar-refractivity contribution in [2.24, 2.45) is 5.92 Å². The fourth-order valence-corrected chi connectivity index (χ4v) is 3.57. The van der Waals surface area contributed by atoms with Gasteiger partial charge in [0.2, 0.25) is 5.91 Å². The van der Waals surface area contributed by atoms with Crippen molar-refractivity contribution in [1.29, 1.82) is 0 Å². The van der Waals surface area contributed by atoms with Crippen LogP contribution in [0, 0.1) is 5.92 Å². The molecule has 24 heavy (non-hydrogen) atoms. The summed E-state index contributed by atoms with van der Waals surface area (Å²) in [5.74, 6) is -0.349. The summed E-state index contributed by atoms with van der Waals surface area (Å²) in [6.45, 7) is 3.57. The highest BCUT2D eigenvalue weighted by atomic mass is 32.2. The summed E-state index contributed by atoms with van der Waals surface area (Å²) in [5.41, 5.74) is 0.983. The first-order valence-corrected chi connectivity index (χ1v) is 10.1. The van der Waals surface area contributed by atoms with Crippen molar-refractivity contribution in [3.05, 3.63) is 48.5 Å². The lowest BCUT2D eigenvalue weighted by molar-refractivity contribution is -0.118. The van der Waals surface area contributed by atoms with Gasteiger partial charge in [0, 0.05) is 16.5 Å². The number of hydrogen-bond donors (Lipinski definition) is 2. The molecule has 0 aliphatic carbocycles. The predicted octanol–water partition coefficient (Wildman–Crippen LogP) is 3.80.